The summed E-state index contributed by atoms with van der Waals surface area (Å²) in [6.07, 6.45) is -1.08. The number of hydrogen-bond donors (Lipinski definition) is 4. The molecule has 2 amide bonds. The minimum atomic E-state index is -1.49. The van der Waals surface area contributed by atoms with Gasteiger partial charge in [-0.2, -0.15) is 0 Å². The second-order valence-electron chi connectivity index (χ2n) is 5.18. The molecule has 0 bridgehead atoms. The molecule has 4 N–H and O–H groups in total. The van der Waals surface area contributed by atoms with Crippen molar-refractivity contribution in [3.05, 3.63) is 63.1 Å². The lowest BCUT2D eigenvalue weighted by atomic mass is 10.0. The van der Waals surface area contributed by atoms with Crippen LogP contribution in [0.5, 0.6) is 5.75 Å². The van der Waals surface area contributed by atoms with E-state index in [0.29, 0.717) is 22.6 Å². The van der Waals surface area contributed by atoms with Crippen molar-refractivity contribution in [2.45, 2.75) is 19.4 Å². The van der Waals surface area contributed by atoms with Crippen LogP contribution in [-0.2, 0) is 11.2 Å². The Balaban J connectivity index is 2.07. The van der Waals surface area contributed by atoms with Crippen LogP contribution in [0.2, 0.25) is 10.0 Å². The molecule has 2 rings (SSSR count). The molecule has 0 aliphatic heterocycles. The van der Waals surface area contributed by atoms with E-state index in [4.69, 9.17) is 23.2 Å². The predicted molar refractivity (Wildman–Crippen MR) is 94.5 cm³/mol. The standard InChI is InChI=1S/C17H16Cl2N2O4/c1-2-11-12(6-7-13(22)14(11)19)16(24)20-21-17(25)15(23)9-4-3-5-10(18)8-9/h3-8,15,22-23H,2H2,1H3,(H,20,24)(H,21,25). The van der Waals surface area contributed by atoms with Gasteiger partial charge in [-0.15, -0.1) is 0 Å². The van der Waals surface area contributed by atoms with Crippen molar-refractivity contribution in [2.75, 3.05) is 0 Å². The maximum atomic E-state index is 12.2. The quantitative estimate of drug-likeness (QED) is 0.611. The number of hydrazine groups is 1. The van der Waals surface area contributed by atoms with E-state index in [2.05, 4.69) is 10.9 Å². The summed E-state index contributed by atoms with van der Waals surface area (Å²) in [4.78, 5) is 24.2. The highest BCUT2D eigenvalue weighted by molar-refractivity contribution is 6.33. The molecule has 25 heavy (non-hydrogen) atoms. The zero-order valence-electron chi connectivity index (χ0n) is 13.2. The maximum absolute atomic E-state index is 12.2. The Hall–Kier alpha value is -2.28. The summed E-state index contributed by atoms with van der Waals surface area (Å²) in [5.41, 5.74) is 5.31. The van der Waals surface area contributed by atoms with Crippen LogP contribution in [0.25, 0.3) is 0 Å². The lowest BCUT2D eigenvalue weighted by molar-refractivity contribution is -0.130. The first-order valence-electron chi connectivity index (χ1n) is 7.39. The molecule has 0 aliphatic carbocycles. The number of phenolic OH excluding ortho intramolecular Hbond substituents is 1. The second kappa shape index (κ2) is 8.20. The molecule has 0 aliphatic rings. The van der Waals surface area contributed by atoms with Crippen molar-refractivity contribution in [2.24, 2.45) is 0 Å². The molecule has 0 radical (unpaired) electrons. The van der Waals surface area contributed by atoms with Crippen LogP contribution >= 0.6 is 23.2 Å². The highest BCUT2D eigenvalue weighted by atomic mass is 35.5. The van der Waals surface area contributed by atoms with Crippen molar-refractivity contribution in [3.63, 3.8) is 0 Å². The summed E-state index contributed by atoms with van der Waals surface area (Å²) >= 11 is 11.8. The maximum Gasteiger partial charge on any atom is 0.271 e. The molecule has 0 spiro atoms. The molecule has 1 atom stereocenters. The number of hydrogen-bond acceptors (Lipinski definition) is 4. The van der Waals surface area contributed by atoms with Gasteiger partial charge in [0.1, 0.15) is 5.75 Å². The topological polar surface area (TPSA) is 98.7 Å². The van der Waals surface area contributed by atoms with E-state index in [9.17, 15) is 19.8 Å². The van der Waals surface area contributed by atoms with Gasteiger partial charge in [0.2, 0.25) is 0 Å². The fourth-order valence-corrected chi connectivity index (χ4v) is 2.75. The monoisotopic (exact) mass is 382 g/mol. The Morgan fingerprint density at radius 1 is 1.16 bits per heavy atom. The Labute approximate surface area is 154 Å². The van der Waals surface area contributed by atoms with Crippen molar-refractivity contribution in [1.82, 2.24) is 10.9 Å². The number of halogens is 2. The van der Waals surface area contributed by atoms with Gasteiger partial charge in [0, 0.05) is 10.6 Å². The Kier molecular flexibility index (Phi) is 6.25. The van der Waals surface area contributed by atoms with Gasteiger partial charge in [0.25, 0.3) is 11.8 Å². The molecular formula is C17H16Cl2N2O4. The number of carbonyl (C=O) groups is 2. The number of benzene rings is 2. The largest absolute Gasteiger partial charge is 0.506 e. The van der Waals surface area contributed by atoms with Gasteiger partial charge >= 0.3 is 0 Å². The van der Waals surface area contributed by atoms with Crippen molar-refractivity contribution < 1.29 is 19.8 Å². The van der Waals surface area contributed by atoms with Crippen LogP contribution in [0.15, 0.2) is 36.4 Å². The summed E-state index contributed by atoms with van der Waals surface area (Å²) in [7, 11) is 0. The van der Waals surface area contributed by atoms with Crippen molar-refractivity contribution in [1.29, 1.82) is 0 Å². The van der Waals surface area contributed by atoms with Crippen LogP contribution in [0.4, 0.5) is 0 Å². The summed E-state index contributed by atoms with van der Waals surface area (Å²) in [6, 6.07) is 8.88. The summed E-state index contributed by atoms with van der Waals surface area (Å²) in [5.74, 6) is -1.57. The number of carbonyl (C=O) groups excluding carboxylic acids is 2. The minimum Gasteiger partial charge on any atom is -0.506 e. The van der Waals surface area contributed by atoms with Crippen LogP contribution in [-0.4, -0.2) is 22.0 Å². The smallest absolute Gasteiger partial charge is 0.271 e. The molecule has 0 fully saturated rings. The van der Waals surface area contributed by atoms with Crippen LogP contribution in [0, 0.1) is 0 Å². The van der Waals surface area contributed by atoms with E-state index in [1.807, 2.05) is 0 Å². The normalized spacial score (nSPS) is 11.7. The van der Waals surface area contributed by atoms with E-state index in [0.717, 1.165) is 0 Å². The van der Waals surface area contributed by atoms with E-state index in [1.165, 1.54) is 24.3 Å². The van der Waals surface area contributed by atoms with Gasteiger partial charge in [-0.25, -0.2) is 0 Å². The predicted octanol–water partition coefficient (Wildman–Crippen LogP) is 2.76. The van der Waals surface area contributed by atoms with Gasteiger partial charge in [-0.05, 0) is 41.8 Å². The fraction of sp³-hybridized carbons (Fsp3) is 0.176. The van der Waals surface area contributed by atoms with E-state index >= 15 is 0 Å². The van der Waals surface area contributed by atoms with Crippen molar-refractivity contribution in [3.8, 4) is 5.75 Å². The number of phenols is 1. The first-order chi connectivity index (χ1) is 11.8. The number of rotatable bonds is 4. The van der Waals surface area contributed by atoms with Gasteiger partial charge in [0.15, 0.2) is 6.10 Å². The highest BCUT2D eigenvalue weighted by Gasteiger charge is 2.20. The minimum absolute atomic E-state index is 0.0837. The molecule has 2 aromatic carbocycles. The number of aliphatic hydroxyl groups is 1. The highest BCUT2D eigenvalue weighted by Crippen LogP contribution is 2.30. The summed E-state index contributed by atoms with van der Waals surface area (Å²) in [5, 5.41) is 20.1. The lowest BCUT2D eigenvalue weighted by Crippen LogP contribution is -2.44. The van der Waals surface area contributed by atoms with Crippen molar-refractivity contribution >= 4 is 35.0 Å². The summed E-state index contributed by atoms with van der Waals surface area (Å²) in [6.45, 7) is 1.78. The molecule has 8 heteroatoms. The molecule has 6 nitrogen and oxygen atoms in total. The molecule has 132 valence electrons. The molecule has 0 saturated heterocycles. The first kappa shape index (κ1) is 19.1. The van der Waals surface area contributed by atoms with Crippen LogP contribution in [0.1, 0.15) is 34.5 Å². The fourth-order valence-electron chi connectivity index (χ4n) is 2.25. The number of aliphatic hydroxyl groups excluding tert-OH is 1. The molecule has 2 aromatic rings. The third-order valence-corrected chi connectivity index (χ3v) is 4.19. The first-order valence-corrected chi connectivity index (χ1v) is 8.14. The Bertz CT molecular complexity index is 811. The van der Waals surface area contributed by atoms with E-state index in [1.54, 1.807) is 19.1 Å². The Morgan fingerprint density at radius 3 is 2.52 bits per heavy atom. The van der Waals surface area contributed by atoms with Gasteiger partial charge in [-0.3, -0.25) is 20.4 Å². The van der Waals surface area contributed by atoms with Crippen LogP contribution in [0.3, 0.4) is 0 Å². The zero-order chi connectivity index (χ0) is 18.6. The number of nitrogens with one attached hydrogen (secondary N) is 2. The molecule has 0 heterocycles. The van der Waals surface area contributed by atoms with Gasteiger partial charge in [-0.1, -0.05) is 42.3 Å². The van der Waals surface area contributed by atoms with Gasteiger partial charge < -0.3 is 10.2 Å². The average molecular weight is 383 g/mol. The van der Waals surface area contributed by atoms with E-state index in [-0.39, 0.29) is 16.3 Å². The second-order valence-corrected chi connectivity index (χ2v) is 5.99. The SMILES string of the molecule is CCc1c(C(=O)NNC(=O)C(O)c2cccc(Cl)c2)ccc(O)c1Cl. The molecule has 0 aromatic heterocycles. The van der Waals surface area contributed by atoms with Crippen LogP contribution < -0.4 is 10.9 Å². The molecule has 0 saturated carbocycles. The molecule has 1 unspecified atom stereocenters. The summed E-state index contributed by atoms with van der Waals surface area (Å²) < 4.78 is 0. The van der Waals surface area contributed by atoms with E-state index < -0.39 is 17.9 Å². The average Bonchev–Trinajstić information content (AvgIpc) is 2.60. The number of aromatic hydroxyl groups is 1. The Morgan fingerprint density at radius 2 is 1.88 bits per heavy atom. The van der Waals surface area contributed by atoms with Gasteiger partial charge in [0.05, 0.1) is 5.02 Å². The molecular weight excluding hydrogens is 367 g/mol. The number of amides is 2. The zero-order valence-corrected chi connectivity index (χ0v) is 14.7. The third kappa shape index (κ3) is 4.42. The lowest BCUT2D eigenvalue weighted by Gasteiger charge is -2.14. The third-order valence-electron chi connectivity index (χ3n) is 3.53.